The van der Waals surface area contributed by atoms with Crippen LogP contribution in [0.15, 0.2) is 24.3 Å². The van der Waals surface area contributed by atoms with E-state index in [1.54, 1.807) is 0 Å². The molecule has 1 rings (SSSR count). The Balaban J connectivity index is 2.14. The van der Waals surface area contributed by atoms with Crippen molar-refractivity contribution in [3.8, 4) is 0 Å². The van der Waals surface area contributed by atoms with Gasteiger partial charge in [-0.1, -0.05) is 179 Å². The van der Waals surface area contributed by atoms with E-state index >= 15 is 0 Å². The number of aliphatic hydroxyl groups is 7. The predicted molar refractivity (Wildman–Crippen MR) is 233 cm³/mol. The Bertz CT molecular complexity index is 997. The molecule has 11 heteroatoms. The zero-order valence-corrected chi connectivity index (χ0v) is 36.8. The van der Waals surface area contributed by atoms with Crippen molar-refractivity contribution in [3.05, 3.63) is 24.3 Å². The van der Waals surface area contributed by atoms with E-state index in [4.69, 9.17) is 9.47 Å². The molecule has 9 unspecified atom stereocenters. The molecule has 0 saturated carbocycles. The molecule has 9 atom stereocenters. The summed E-state index contributed by atoms with van der Waals surface area (Å²) in [5.41, 5.74) is 0. The molecule has 1 heterocycles. The van der Waals surface area contributed by atoms with Crippen LogP contribution in [0.2, 0.25) is 0 Å². The Morgan fingerprint density at radius 3 is 1.55 bits per heavy atom. The lowest BCUT2D eigenvalue weighted by Crippen LogP contribution is -2.60. The lowest BCUT2D eigenvalue weighted by Gasteiger charge is -2.40. The molecule has 0 spiro atoms. The second-order valence-electron chi connectivity index (χ2n) is 16.8. The summed E-state index contributed by atoms with van der Waals surface area (Å²) in [5.74, 6) is -0.707. The standard InChI is InChI=1S/C47H89NO10/c1-3-5-7-8-9-10-11-12-13-14-15-16-17-18-19-20-21-22-23-24-25-26-27-28-29-30-31-33-35-40(51)46(56)48-38(42(52)39(50)34-32-6-4-2)37-57-47-45(55)44(54)43(53)41(36-49)58-47/h15-16,18-19,38-45,47,49-55H,3-14,17,20-37H2,1-2H3,(H,48,56)/b16-15-,19-18-. The van der Waals surface area contributed by atoms with Crippen LogP contribution in [-0.2, 0) is 14.3 Å². The molecule has 1 aliphatic rings. The average molecular weight is 828 g/mol. The molecule has 0 aliphatic carbocycles. The van der Waals surface area contributed by atoms with E-state index in [1.807, 2.05) is 6.92 Å². The first kappa shape index (κ1) is 54.6. The summed E-state index contributed by atoms with van der Waals surface area (Å²) in [4.78, 5) is 12.9. The van der Waals surface area contributed by atoms with Crippen LogP contribution in [0, 0.1) is 0 Å². The maximum Gasteiger partial charge on any atom is 0.249 e. The monoisotopic (exact) mass is 828 g/mol. The van der Waals surface area contributed by atoms with Crippen LogP contribution < -0.4 is 5.32 Å². The Morgan fingerprint density at radius 2 is 1.05 bits per heavy atom. The smallest absolute Gasteiger partial charge is 0.249 e. The molecule has 8 N–H and O–H groups in total. The first-order valence-electron chi connectivity index (χ1n) is 23.7. The summed E-state index contributed by atoms with van der Waals surface area (Å²) in [6, 6.07) is -1.16. The number of unbranched alkanes of at least 4 members (excludes halogenated alkanes) is 23. The first-order valence-corrected chi connectivity index (χ1v) is 23.7. The van der Waals surface area contributed by atoms with E-state index in [9.17, 15) is 40.5 Å². The van der Waals surface area contributed by atoms with E-state index in [2.05, 4.69) is 36.5 Å². The Morgan fingerprint density at radius 1 is 0.603 bits per heavy atom. The van der Waals surface area contributed by atoms with Gasteiger partial charge in [0.05, 0.1) is 25.4 Å². The lowest BCUT2D eigenvalue weighted by atomic mass is 9.98. The number of ether oxygens (including phenoxy) is 2. The molecular weight excluding hydrogens is 739 g/mol. The van der Waals surface area contributed by atoms with Crippen molar-refractivity contribution < 1.29 is 50.0 Å². The van der Waals surface area contributed by atoms with Crippen LogP contribution in [0.5, 0.6) is 0 Å². The van der Waals surface area contributed by atoms with Gasteiger partial charge < -0.3 is 50.5 Å². The van der Waals surface area contributed by atoms with Crippen molar-refractivity contribution in [1.82, 2.24) is 5.32 Å². The summed E-state index contributed by atoms with van der Waals surface area (Å²) >= 11 is 0. The SMILES string of the molecule is CCCCCCCCCCC/C=C\C/C=C\CCCCCCCCCCCCCCC(O)C(=O)NC(COC1OC(CO)C(O)C(O)C1O)C(O)C(O)CCCCC. The third kappa shape index (κ3) is 26.7. The van der Waals surface area contributed by atoms with Gasteiger partial charge in [-0.3, -0.25) is 4.79 Å². The molecule has 0 aromatic carbocycles. The van der Waals surface area contributed by atoms with Gasteiger partial charge in [0.15, 0.2) is 6.29 Å². The number of nitrogens with one attached hydrogen (secondary N) is 1. The molecule has 58 heavy (non-hydrogen) atoms. The molecule has 0 aromatic rings. The molecule has 0 bridgehead atoms. The Kier molecular flexibility index (Phi) is 35.2. The van der Waals surface area contributed by atoms with E-state index < -0.39 is 74.2 Å². The van der Waals surface area contributed by atoms with Gasteiger partial charge in [0, 0.05) is 0 Å². The van der Waals surface area contributed by atoms with Gasteiger partial charge in [-0.25, -0.2) is 0 Å². The second-order valence-corrected chi connectivity index (χ2v) is 16.8. The molecule has 1 amide bonds. The minimum atomic E-state index is -1.66. The Labute approximate surface area is 353 Å². The van der Waals surface area contributed by atoms with Gasteiger partial charge in [-0.05, 0) is 44.9 Å². The largest absolute Gasteiger partial charge is 0.394 e. The minimum absolute atomic E-state index is 0.257. The molecule has 342 valence electrons. The highest BCUT2D eigenvalue weighted by Crippen LogP contribution is 2.23. The number of amides is 1. The van der Waals surface area contributed by atoms with Gasteiger partial charge in [-0.15, -0.1) is 0 Å². The topological polar surface area (TPSA) is 189 Å². The van der Waals surface area contributed by atoms with Crippen molar-refractivity contribution in [2.24, 2.45) is 0 Å². The van der Waals surface area contributed by atoms with Crippen molar-refractivity contribution >= 4 is 5.91 Å². The molecule has 0 radical (unpaired) electrons. The molecule has 11 nitrogen and oxygen atoms in total. The van der Waals surface area contributed by atoms with Crippen molar-refractivity contribution in [2.45, 2.75) is 255 Å². The normalized spacial score (nSPS) is 22.1. The zero-order valence-electron chi connectivity index (χ0n) is 36.8. The fourth-order valence-corrected chi connectivity index (χ4v) is 7.53. The van der Waals surface area contributed by atoms with E-state index in [0.29, 0.717) is 19.3 Å². The van der Waals surface area contributed by atoms with Crippen LogP contribution in [0.4, 0.5) is 0 Å². The highest BCUT2D eigenvalue weighted by Gasteiger charge is 2.44. The van der Waals surface area contributed by atoms with Crippen LogP contribution in [0.3, 0.4) is 0 Å². The number of rotatable bonds is 39. The van der Waals surface area contributed by atoms with Crippen molar-refractivity contribution in [1.29, 1.82) is 0 Å². The summed E-state index contributed by atoms with van der Waals surface area (Å²) in [7, 11) is 0. The lowest BCUT2D eigenvalue weighted by molar-refractivity contribution is -0.303. The molecule has 1 aliphatic heterocycles. The maximum absolute atomic E-state index is 12.9. The van der Waals surface area contributed by atoms with Gasteiger partial charge >= 0.3 is 0 Å². The number of hydrogen-bond donors (Lipinski definition) is 8. The van der Waals surface area contributed by atoms with Crippen molar-refractivity contribution in [3.63, 3.8) is 0 Å². The third-order valence-corrected chi connectivity index (χ3v) is 11.5. The maximum atomic E-state index is 12.9. The van der Waals surface area contributed by atoms with E-state index in [0.717, 1.165) is 38.5 Å². The van der Waals surface area contributed by atoms with Gasteiger partial charge in [-0.2, -0.15) is 0 Å². The summed E-state index contributed by atoms with van der Waals surface area (Å²) in [6.07, 6.45) is 30.8. The van der Waals surface area contributed by atoms with E-state index in [1.165, 1.54) is 122 Å². The summed E-state index contributed by atoms with van der Waals surface area (Å²) in [5, 5.41) is 74.6. The number of allylic oxidation sites excluding steroid dienone is 4. The fourth-order valence-electron chi connectivity index (χ4n) is 7.53. The van der Waals surface area contributed by atoms with E-state index in [-0.39, 0.29) is 6.42 Å². The first-order chi connectivity index (χ1) is 28.2. The van der Waals surface area contributed by atoms with Gasteiger partial charge in [0.2, 0.25) is 5.91 Å². The van der Waals surface area contributed by atoms with Gasteiger partial charge in [0.1, 0.15) is 36.6 Å². The number of carbonyl (C=O) groups excluding carboxylic acids is 1. The molecule has 0 aromatic heterocycles. The highest BCUT2D eigenvalue weighted by molar-refractivity contribution is 5.80. The molecular formula is C47H89NO10. The van der Waals surface area contributed by atoms with Crippen molar-refractivity contribution in [2.75, 3.05) is 13.2 Å². The zero-order chi connectivity index (χ0) is 42.6. The number of aliphatic hydroxyl groups excluding tert-OH is 7. The fraction of sp³-hybridized carbons (Fsp3) is 0.894. The highest BCUT2D eigenvalue weighted by atomic mass is 16.7. The van der Waals surface area contributed by atoms with Crippen LogP contribution in [0.1, 0.15) is 200 Å². The predicted octanol–water partition coefficient (Wildman–Crippen LogP) is 7.84. The Hall–Kier alpha value is -1.41. The van der Waals surface area contributed by atoms with Crippen LogP contribution >= 0.6 is 0 Å². The summed E-state index contributed by atoms with van der Waals surface area (Å²) < 4.78 is 11.0. The van der Waals surface area contributed by atoms with Gasteiger partial charge in [0.25, 0.3) is 0 Å². The number of hydrogen-bond acceptors (Lipinski definition) is 10. The molecule has 1 fully saturated rings. The minimum Gasteiger partial charge on any atom is -0.394 e. The quantitative estimate of drug-likeness (QED) is 0.0224. The summed E-state index contributed by atoms with van der Waals surface area (Å²) in [6.45, 7) is 3.23. The second kappa shape index (κ2) is 37.4. The third-order valence-electron chi connectivity index (χ3n) is 11.5. The van der Waals surface area contributed by atoms with Crippen LogP contribution in [0.25, 0.3) is 0 Å². The van der Waals surface area contributed by atoms with Crippen LogP contribution in [-0.4, -0.2) is 110 Å². The molecule has 1 saturated heterocycles. The number of carbonyl (C=O) groups is 1. The average Bonchev–Trinajstić information content (AvgIpc) is 3.22.